The number of ether oxygens (including phenoxy) is 2. The predicted molar refractivity (Wildman–Crippen MR) is 67.6 cm³/mol. The molecular weight excluding hydrogens is 218 g/mol. The zero-order chi connectivity index (χ0) is 12.7. The van der Waals surface area contributed by atoms with Crippen LogP contribution in [0.25, 0.3) is 0 Å². The van der Waals surface area contributed by atoms with Gasteiger partial charge in [-0.1, -0.05) is 6.07 Å². The summed E-state index contributed by atoms with van der Waals surface area (Å²) < 4.78 is 10.8. The lowest BCUT2D eigenvalue weighted by Crippen LogP contribution is -2.09. The number of nitrogens with one attached hydrogen (secondary N) is 1. The van der Waals surface area contributed by atoms with Gasteiger partial charge in [-0.05, 0) is 31.7 Å². The van der Waals surface area contributed by atoms with E-state index in [-0.39, 0.29) is 6.10 Å². The first-order valence-electron chi connectivity index (χ1n) is 5.79. The Morgan fingerprint density at radius 1 is 1.35 bits per heavy atom. The molecule has 0 aliphatic carbocycles. The minimum absolute atomic E-state index is 0.346. The van der Waals surface area contributed by atoms with Crippen LogP contribution in [0.15, 0.2) is 18.2 Å². The van der Waals surface area contributed by atoms with Gasteiger partial charge in [-0.3, -0.25) is 0 Å². The summed E-state index contributed by atoms with van der Waals surface area (Å²) >= 11 is 0. The lowest BCUT2D eigenvalue weighted by atomic mass is 10.2. The minimum Gasteiger partial charge on any atom is -0.493 e. The Balaban J connectivity index is 2.68. The lowest BCUT2D eigenvalue weighted by Gasteiger charge is -2.13. The molecule has 1 aromatic rings. The molecule has 0 radical (unpaired) electrons. The summed E-state index contributed by atoms with van der Waals surface area (Å²) in [6.07, 6.45) is 0.265. The number of benzene rings is 1. The summed E-state index contributed by atoms with van der Waals surface area (Å²) in [6.45, 7) is 3.02. The van der Waals surface area contributed by atoms with Crippen LogP contribution >= 0.6 is 0 Å². The van der Waals surface area contributed by atoms with Crippen LogP contribution in [0.2, 0.25) is 0 Å². The van der Waals surface area contributed by atoms with Crippen LogP contribution in [0, 0.1) is 0 Å². The zero-order valence-corrected chi connectivity index (χ0v) is 10.7. The first kappa shape index (κ1) is 13.8. The summed E-state index contributed by atoms with van der Waals surface area (Å²) in [5.74, 6) is 1.44. The SMILES string of the molecule is CNCc1ccc(OC)c(OCCC(C)O)c1. The summed E-state index contributed by atoms with van der Waals surface area (Å²) in [6, 6.07) is 5.85. The molecule has 4 nitrogen and oxygen atoms in total. The number of hydrogen-bond acceptors (Lipinski definition) is 4. The molecule has 0 heterocycles. The second kappa shape index (κ2) is 7.14. The molecule has 4 heteroatoms. The number of aliphatic hydroxyl groups excluding tert-OH is 1. The van der Waals surface area contributed by atoms with E-state index in [2.05, 4.69) is 5.32 Å². The van der Waals surface area contributed by atoms with Crippen molar-refractivity contribution in [1.29, 1.82) is 0 Å². The van der Waals surface area contributed by atoms with Crippen molar-refractivity contribution in [2.45, 2.75) is 26.0 Å². The van der Waals surface area contributed by atoms with E-state index in [0.29, 0.717) is 13.0 Å². The standard InChI is InChI=1S/C13H21NO3/c1-10(15)6-7-17-13-8-11(9-14-2)4-5-12(13)16-3/h4-5,8,10,14-15H,6-7,9H2,1-3H3. The van der Waals surface area contributed by atoms with E-state index in [4.69, 9.17) is 9.47 Å². The molecule has 0 fully saturated rings. The fraction of sp³-hybridized carbons (Fsp3) is 0.538. The Morgan fingerprint density at radius 2 is 2.12 bits per heavy atom. The van der Waals surface area contributed by atoms with Gasteiger partial charge in [-0.15, -0.1) is 0 Å². The fourth-order valence-electron chi connectivity index (χ4n) is 1.49. The quantitative estimate of drug-likeness (QED) is 0.758. The molecule has 2 N–H and O–H groups in total. The van der Waals surface area contributed by atoms with Crippen LogP contribution in [-0.2, 0) is 6.54 Å². The van der Waals surface area contributed by atoms with E-state index < -0.39 is 0 Å². The van der Waals surface area contributed by atoms with Crippen molar-refractivity contribution in [1.82, 2.24) is 5.32 Å². The van der Waals surface area contributed by atoms with Gasteiger partial charge < -0.3 is 19.9 Å². The van der Waals surface area contributed by atoms with Crippen molar-refractivity contribution in [3.05, 3.63) is 23.8 Å². The topological polar surface area (TPSA) is 50.7 Å². The van der Waals surface area contributed by atoms with Gasteiger partial charge >= 0.3 is 0 Å². The number of aliphatic hydroxyl groups is 1. The van der Waals surface area contributed by atoms with Crippen molar-refractivity contribution >= 4 is 0 Å². The molecule has 1 aromatic carbocycles. The zero-order valence-electron chi connectivity index (χ0n) is 10.7. The molecule has 0 amide bonds. The molecule has 0 saturated heterocycles. The van der Waals surface area contributed by atoms with Gasteiger partial charge in [0.05, 0.1) is 19.8 Å². The third-order valence-electron chi connectivity index (χ3n) is 2.40. The van der Waals surface area contributed by atoms with Gasteiger partial charge in [0.25, 0.3) is 0 Å². The third-order valence-corrected chi connectivity index (χ3v) is 2.40. The molecule has 1 unspecified atom stereocenters. The summed E-state index contributed by atoms with van der Waals surface area (Å²) in [5, 5.41) is 12.3. The molecule has 17 heavy (non-hydrogen) atoms. The second-order valence-corrected chi connectivity index (χ2v) is 4.00. The highest BCUT2D eigenvalue weighted by molar-refractivity contribution is 5.42. The van der Waals surface area contributed by atoms with Crippen molar-refractivity contribution < 1.29 is 14.6 Å². The molecule has 0 aliphatic rings. The Bertz CT molecular complexity index is 339. The number of hydrogen-bond donors (Lipinski definition) is 2. The molecule has 0 saturated carbocycles. The van der Waals surface area contributed by atoms with Crippen molar-refractivity contribution in [3.8, 4) is 11.5 Å². The van der Waals surface area contributed by atoms with Gasteiger partial charge in [-0.2, -0.15) is 0 Å². The maximum absolute atomic E-state index is 9.17. The van der Waals surface area contributed by atoms with Crippen LogP contribution in [0.4, 0.5) is 0 Å². The molecule has 0 bridgehead atoms. The smallest absolute Gasteiger partial charge is 0.161 e. The minimum atomic E-state index is -0.346. The maximum Gasteiger partial charge on any atom is 0.161 e. The van der Waals surface area contributed by atoms with Gasteiger partial charge in [0.15, 0.2) is 11.5 Å². The summed E-state index contributed by atoms with van der Waals surface area (Å²) in [4.78, 5) is 0. The Kier molecular flexibility index (Phi) is 5.80. The average Bonchev–Trinajstić information content (AvgIpc) is 2.29. The van der Waals surface area contributed by atoms with Crippen LogP contribution < -0.4 is 14.8 Å². The van der Waals surface area contributed by atoms with E-state index >= 15 is 0 Å². The van der Waals surface area contributed by atoms with Crippen molar-refractivity contribution in [3.63, 3.8) is 0 Å². The third kappa shape index (κ3) is 4.63. The summed E-state index contributed by atoms with van der Waals surface area (Å²) in [7, 11) is 3.52. The van der Waals surface area contributed by atoms with Gasteiger partial charge in [0.1, 0.15) is 0 Å². The second-order valence-electron chi connectivity index (χ2n) is 4.00. The molecule has 96 valence electrons. The van der Waals surface area contributed by atoms with Crippen LogP contribution in [0.1, 0.15) is 18.9 Å². The molecule has 1 atom stereocenters. The average molecular weight is 239 g/mol. The largest absolute Gasteiger partial charge is 0.493 e. The Morgan fingerprint density at radius 3 is 2.71 bits per heavy atom. The number of rotatable bonds is 7. The van der Waals surface area contributed by atoms with Gasteiger partial charge in [0, 0.05) is 13.0 Å². The van der Waals surface area contributed by atoms with Crippen LogP contribution in [0.5, 0.6) is 11.5 Å². The molecule has 0 spiro atoms. The van der Waals surface area contributed by atoms with E-state index in [1.54, 1.807) is 14.0 Å². The monoisotopic (exact) mass is 239 g/mol. The molecule has 0 aromatic heterocycles. The highest BCUT2D eigenvalue weighted by atomic mass is 16.5. The predicted octanol–water partition coefficient (Wildman–Crippen LogP) is 1.56. The van der Waals surface area contributed by atoms with E-state index in [1.807, 2.05) is 25.2 Å². The highest BCUT2D eigenvalue weighted by Gasteiger charge is 2.06. The van der Waals surface area contributed by atoms with Crippen LogP contribution in [-0.4, -0.2) is 32.0 Å². The van der Waals surface area contributed by atoms with Gasteiger partial charge in [0.2, 0.25) is 0 Å². The first-order valence-corrected chi connectivity index (χ1v) is 5.79. The molecule has 1 rings (SSSR count). The van der Waals surface area contributed by atoms with Gasteiger partial charge in [-0.25, -0.2) is 0 Å². The van der Waals surface area contributed by atoms with Crippen LogP contribution in [0.3, 0.4) is 0 Å². The van der Waals surface area contributed by atoms with E-state index in [0.717, 1.165) is 23.6 Å². The number of methoxy groups -OCH3 is 1. The highest BCUT2D eigenvalue weighted by Crippen LogP contribution is 2.28. The lowest BCUT2D eigenvalue weighted by molar-refractivity contribution is 0.154. The summed E-state index contributed by atoms with van der Waals surface area (Å²) in [5.41, 5.74) is 1.14. The van der Waals surface area contributed by atoms with Crippen molar-refractivity contribution in [2.75, 3.05) is 20.8 Å². The van der Waals surface area contributed by atoms with E-state index in [1.165, 1.54) is 0 Å². The molecule has 0 aliphatic heterocycles. The maximum atomic E-state index is 9.17. The fourth-order valence-corrected chi connectivity index (χ4v) is 1.49. The normalized spacial score (nSPS) is 12.2. The molecular formula is C13H21NO3. The Labute approximate surface area is 103 Å². The Hall–Kier alpha value is -1.26. The first-order chi connectivity index (χ1) is 8.17. The van der Waals surface area contributed by atoms with Crippen molar-refractivity contribution in [2.24, 2.45) is 0 Å². The van der Waals surface area contributed by atoms with E-state index in [9.17, 15) is 5.11 Å².